The normalized spacial score (nSPS) is 10.1. The standard InChI is InChI=1S/C14H13N2.BrH/c1-2-6-13(7-3-1)10-15-11-14-8-4-5-9-16(14)12-15;/h1-9,11-12H,10H2;1H/q+1;/p-1. The highest BCUT2D eigenvalue weighted by Crippen LogP contribution is 2.01. The molecule has 0 saturated carbocycles. The first-order valence-electron chi connectivity index (χ1n) is 5.41. The van der Waals surface area contributed by atoms with Crippen molar-refractivity contribution in [2.24, 2.45) is 0 Å². The molecule has 0 bridgehead atoms. The third-order valence-electron chi connectivity index (χ3n) is 2.70. The van der Waals surface area contributed by atoms with Crippen molar-refractivity contribution in [2.45, 2.75) is 6.54 Å². The van der Waals surface area contributed by atoms with Crippen LogP contribution in [-0.4, -0.2) is 4.40 Å². The van der Waals surface area contributed by atoms with Crippen LogP contribution in [0.2, 0.25) is 0 Å². The predicted octanol–water partition coefficient (Wildman–Crippen LogP) is -0.721. The maximum Gasteiger partial charge on any atom is 0.249 e. The molecule has 2 aromatic heterocycles. The number of hydrogen-bond donors (Lipinski definition) is 0. The highest BCUT2D eigenvalue weighted by Gasteiger charge is 2.05. The van der Waals surface area contributed by atoms with E-state index in [0.717, 1.165) is 6.54 Å². The molecule has 0 atom stereocenters. The lowest BCUT2D eigenvalue weighted by atomic mass is 10.2. The van der Waals surface area contributed by atoms with Crippen molar-refractivity contribution in [3.63, 3.8) is 0 Å². The summed E-state index contributed by atoms with van der Waals surface area (Å²) in [6, 6.07) is 16.7. The number of nitrogens with zero attached hydrogens (tertiary/aromatic N) is 2. The van der Waals surface area contributed by atoms with E-state index in [1.807, 2.05) is 12.1 Å². The zero-order valence-electron chi connectivity index (χ0n) is 9.33. The van der Waals surface area contributed by atoms with Gasteiger partial charge in [0.15, 0.2) is 5.52 Å². The number of hydrogen-bond acceptors (Lipinski definition) is 0. The second-order valence-corrected chi connectivity index (χ2v) is 3.94. The lowest BCUT2D eigenvalue weighted by Gasteiger charge is -1.95. The van der Waals surface area contributed by atoms with Crippen LogP contribution in [0, 0.1) is 0 Å². The average molecular weight is 289 g/mol. The Bertz CT molecular complexity index is 569. The summed E-state index contributed by atoms with van der Waals surface area (Å²) in [5, 5.41) is 0. The van der Waals surface area contributed by atoms with Crippen LogP contribution in [0.25, 0.3) is 5.52 Å². The number of imidazole rings is 1. The van der Waals surface area contributed by atoms with Crippen LogP contribution >= 0.6 is 0 Å². The maximum atomic E-state index is 2.20. The largest absolute Gasteiger partial charge is 1.00 e. The van der Waals surface area contributed by atoms with E-state index >= 15 is 0 Å². The molecule has 2 heterocycles. The Morgan fingerprint density at radius 3 is 2.47 bits per heavy atom. The van der Waals surface area contributed by atoms with Crippen LogP contribution in [0.1, 0.15) is 5.56 Å². The molecular weight excluding hydrogens is 276 g/mol. The summed E-state index contributed by atoms with van der Waals surface area (Å²) in [5.74, 6) is 0. The third-order valence-corrected chi connectivity index (χ3v) is 2.70. The molecule has 0 spiro atoms. The van der Waals surface area contributed by atoms with Gasteiger partial charge in [-0.3, -0.25) is 0 Å². The lowest BCUT2D eigenvalue weighted by Crippen LogP contribution is -3.00. The predicted molar refractivity (Wildman–Crippen MR) is 63.1 cm³/mol. The van der Waals surface area contributed by atoms with E-state index in [-0.39, 0.29) is 17.0 Å². The molecule has 3 aromatic rings. The molecule has 0 aliphatic heterocycles. The summed E-state index contributed by atoms with van der Waals surface area (Å²) < 4.78 is 4.33. The minimum absolute atomic E-state index is 0. The van der Waals surface area contributed by atoms with E-state index in [0.29, 0.717) is 0 Å². The van der Waals surface area contributed by atoms with E-state index in [2.05, 4.69) is 64.1 Å². The minimum Gasteiger partial charge on any atom is -1.00 e. The fraction of sp³-hybridized carbons (Fsp3) is 0.0714. The molecule has 0 amide bonds. The smallest absolute Gasteiger partial charge is 0.249 e. The van der Waals surface area contributed by atoms with Crippen molar-refractivity contribution in [2.75, 3.05) is 0 Å². The number of halogens is 1. The van der Waals surface area contributed by atoms with Gasteiger partial charge < -0.3 is 17.0 Å². The lowest BCUT2D eigenvalue weighted by molar-refractivity contribution is -0.686. The van der Waals surface area contributed by atoms with Crippen LogP contribution < -0.4 is 21.5 Å². The minimum atomic E-state index is 0. The van der Waals surface area contributed by atoms with Crippen LogP contribution in [0.4, 0.5) is 0 Å². The van der Waals surface area contributed by atoms with E-state index in [4.69, 9.17) is 0 Å². The zero-order valence-corrected chi connectivity index (χ0v) is 10.9. The van der Waals surface area contributed by atoms with Crippen LogP contribution in [0.3, 0.4) is 0 Å². The zero-order chi connectivity index (χ0) is 10.8. The van der Waals surface area contributed by atoms with Crippen LogP contribution in [0.15, 0.2) is 67.3 Å². The van der Waals surface area contributed by atoms with Gasteiger partial charge in [0, 0.05) is 0 Å². The van der Waals surface area contributed by atoms with Gasteiger partial charge >= 0.3 is 0 Å². The summed E-state index contributed by atoms with van der Waals surface area (Å²) in [5.41, 5.74) is 2.54. The first-order chi connectivity index (χ1) is 7.92. The van der Waals surface area contributed by atoms with Crippen molar-refractivity contribution in [3.05, 3.63) is 72.8 Å². The van der Waals surface area contributed by atoms with Crippen LogP contribution in [0.5, 0.6) is 0 Å². The second-order valence-electron chi connectivity index (χ2n) is 3.94. The molecule has 86 valence electrons. The van der Waals surface area contributed by atoms with Gasteiger partial charge in [-0.25, -0.2) is 8.97 Å². The third kappa shape index (κ3) is 2.56. The number of pyridine rings is 1. The second kappa shape index (κ2) is 5.15. The highest BCUT2D eigenvalue weighted by molar-refractivity contribution is 5.41. The molecule has 1 aromatic carbocycles. The van der Waals surface area contributed by atoms with Crippen molar-refractivity contribution < 1.29 is 21.5 Å². The van der Waals surface area contributed by atoms with E-state index in [9.17, 15) is 0 Å². The van der Waals surface area contributed by atoms with E-state index < -0.39 is 0 Å². The summed E-state index contributed by atoms with van der Waals surface area (Å²) in [7, 11) is 0. The summed E-state index contributed by atoms with van der Waals surface area (Å²) in [6.07, 6.45) is 6.34. The van der Waals surface area contributed by atoms with E-state index in [1.165, 1.54) is 11.1 Å². The first-order valence-corrected chi connectivity index (χ1v) is 5.41. The molecule has 0 radical (unpaired) electrons. The Morgan fingerprint density at radius 2 is 1.71 bits per heavy atom. The van der Waals surface area contributed by atoms with Gasteiger partial charge in [-0.2, -0.15) is 0 Å². The number of benzene rings is 1. The van der Waals surface area contributed by atoms with Gasteiger partial charge in [0.2, 0.25) is 6.33 Å². The molecule has 17 heavy (non-hydrogen) atoms. The quantitative estimate of drug-likeness (QED) is 0.550. The van der Waals surface area contributed by atoms with Crippen molar-refractivity contribution >= 4 is 5.52 Å². The molecule has 0 unspecified atom stereocenters. The summed E-state index contributed by atoms with van der Waals surface area (Å²) >= 11 is 0. The topological polar surface area (TPSA) is 8.29 Å². The Labute approximate surface area is 111 Å². The summed E-state index contributed by atoms with van der Waals surface area (Å²) in [4.78, 5) is 0. The first kappa shape index (κ1) is 11.9. The van der Waals surface area contributed by atoms with Crippen molar-refractivity contribution in [1.82, 2.24) is 4.40 Å². The molecule has 0 aliphatic carbocycles. The van der Waals surface area contributed by atoms with Gasteiger partial charge in [-0.05, 0) is 17.7 Å². The van der Waals surface area contributed by atoms with E-state index in [1.54, 1.807) is 0 Å². The van der Waals surface area contributed by atoms with Crippen molar-refractivity contribution in [3.8, 4) is 0 Å². The van der Waals surface area contributed by atoms with Gasteiger partial charge in [-0.15, -0.1) is 0 Å². The van der Waals surface area contributed by atoms with Gasteiger partial charge in [0.05, 0.1) is 6.20 Å². The molecule has 0 aliphatic rings. The Hall–Kier alpha value is -1.61. The number of rotatable bonds is 2. The summed E-state index contributed by atoms with van der Waals surface area (Å²) in [6.45, 7) is 0.919. The fourth-order valence-electron chi connectivity index (χ4n) is 1.93. The van der Waals surface area contributed by atoms with Gasteiger partial charge in [0.25, 0.3) is 0 Å². The monoisotopic (exact) mass is 288 g/mol. The molecule has 3 rings (SSSR count). The average Bonchev–Trinajstić information content (AvgIpc) is 2.72. The fourth-order valence-corrected chi connectivity index (χ4v) is 1.93. The van der Waals surface area contributed by atoms with Gasteiger partial charge in [-0.1, -0.05) is 36.4 Å². The number of fused-ring (bicyclic) bond motifs is 1. The maximum absolute atomic E-state index is 2.20. The highest BCUT2D eigenvalue weighted by atomic mass is 79.9. The molecule has 0 fully saturated rings. The Morgan fingerprint density at radius 1 is 0.941 bits per heavy atom. The molecule has 0 saturated heterocycles. The van der Waals surface area contributed by atoms with Crippen LogP contribution in [-0.2, 0) is 6.54 Å². The molecule has 2 nitrogen and oxygen atoms in total. The molecule has 0 N–H and O–H groups in total. The molecular formula is C14H13BrN2. The molecule has 3 heteroatoms. The number of aromatic nitrogens is 2. The van der Waals surface area contributed by atoms with Gasteiger partial charge in [0.1, 0.15) is 12.7 Å². The Kier molecular flexibility index (Phi) is 3.59. The Balaban J connectivity index is 0.00000108. The SMILES string of the molecule is [Br-].c1ccc(C[n+]2cc3ccccn3c2)cc1. The van der Waals surface area contributed by atoms with Crippen molar-refractivity contribution in [1.29, 1.82) is 0 Å².